The second-order valence-electron chi connectivity index (χ2n) is 7.84. The van der Waals surface area contributed by atoms with Gasteiger partial charge in [-0.2, -0.15) is 4.98 Å². The molecule has 2 aromatic carbocycles. The molecule has 3 aromatic heterocycles. The molecule has 1 aliphatic carbocycles. The van der Waals surface area contributed by atoms with Crippen LogP contribution in [-0.4, -0.2) is 29.9 Å². The maximum Gasteiger partial charge on any atom is 0.229 e. The second kappa shape index (κ2) is 7.39. The monoisotopic (exact) mass is 428 g/mol. The molecule has 1 saturated carbocycles. The van der Waals surface area contributed by atoms with Gasteiger partial charge in [0.25, 0.3) is 0 Å². The first-order valence-corrected chi connectivity index (χ1v) is 11.3. The lowest BCUT2D eigenvalue weighted by molar-refractivity contribution is 0.375. The largest absolute Gasteiger partial charge is 0.360 e. The average Bonchev–Trinajstić information content (AvgIpc) is 3.20. The lowest BCUT2D eigenvalue weighted by atomic mass is 10.1. The van der Waals surface area contributed by atoms with Gasteiger partial charge in [0.1, 0.15) is 0 Å². The van der Waals surface area contributed by atoms with Gasteiger partial charge in [-0.3, -0.25) is 4.57 Å². The van der Waals surface area contributed by atoms with Crippen LogP contribution in [0.4, 0.5) is 0 Å². The van der Waals surface area contributed by atoms with Crippen LogP contribution in [0.15, 0.2) is 64.4 Å². The smallest absolute Gasteiger partial charge is 0.229 e. The van der Waals surface area contributed by atoms with E-state index in [1.807, 2.05) is 18.3 Å². The Morgan fingerprint density at radius 2 is 2.03 bits per heavy atom. The number of H-pyrrole nitrogens is 1. The number of aryl methyl sites for hydroxylation is 1. The maximum atomic E-state index is 5.40. The molecule has 0 bridgehead atoms. The Labute approximate surface area is 182 Å². The number of hydrogen-bond donors (Lipinski definition) is 1. The molecule has 0 amide bonds. The molecule has 154 valence electrons. The second-order valence-corrected chi connectivity index (χ2v) is 8.78. The minimum absolute atomic E-state index is 0.454. The van der Waals surface area contributed by atoms with Gasteiger partial charge in [-0.05, 0) is 43.5 Å². The molecular formula is C23H20N6OS. The molecule has 0 aliphatic heterocycles. The van der Waals surface area contributed by atoms with Crippen molar-refractivity contribution in [2.75, 3.05) is 0 Å². The summed E-state index contributed by atoms with van der Waals surface area (Å²) in [4.78, 5) is 7.88. The molecule has 1 N–H and O–H groups in total. The van der Waals surface area contributed by atoms with Crippen molar-refractivity contribution in [2.45, 2.75) is 36.6 Å². The van der Waals surface area contributed by atoms with E-state index < -0.39 is 0 Å². The predicted octanol–water partition coefficient (Wildman–Crippen LogP) is 5.28. The van der Waals surface area contributed by atoms with E-state index in [4.69, 9.17) is 4.52 Å². The highest BCUT2D eigenvalue weighted by molar-refractivity contribution is 7.98. The predicted molar refractivity (Wildman–Crippen MR) is 119 cm³/mol. The van der Waals surface area contributed by atoms with Crippen molar-refractivity contribution < 1.29 is 4.52 Å². The van der Waals surface area contributed by atoms with Gasteiger partial charge in [0.2, 0.25) is 5.89 Å². The molecule has 3 heterocycles. The van der Waals surface area contributed by atoms with E-state index in [-0.39, 0.29) is 0 Å². The molecule has 0 unspecified atom stereocenters. The van der Waals surface area contributed by atoms with Gasteiger partial charge in [-0.15, -0.1) is 10.2 Å². The van der Waals surface area contributed by atoms with Crippen LogP contribution in [0.25, 0.3) is 28.0 Å². The highest BCUT2D eigenvalue weighted by Crippen LogP contribution is 2.39. The van der Waals surface area contributed by atoms with Crippen LogP contribution in [0.3, 0.4) is 0 Å². The molecule has 0 saturated heterocycles. The average molecular weight is 429 g/mol. The molecular weight excluding hydrogens is 408 g/mol. The third-order valence-electron chi connectivity index (χ3n) is 5.46. The summed E-state index contributed by atoms with van der Waals surface area (Å²) in [5.74, 6) is 3.29. The lowest BCUT2D eigenvalue weighted by Gasteiger charge is -2.10. The summed E-state index contributed by atoms with van der Waals surface area (Å²) >= 11 is 1.56. The minimum Gasteiger partial charge on any atom is -0.360 e. The summed E-state index contributed by atoms with van der Waals surface area (Å²) in [5.41, 5.74) is 4.30. The minimum atomic E-state index is 0.454. The molecule has 6 rings (SSSR count). The van der Waals surface area contributed by atoms with Gasteiger partial charge in [0, 0.05) is 34.3 Å². The number of aromatic nitrogens is 6. The van der Waals surface area contributed by atoms with Gasteiger partial charge in [-0.25, -0.2) is 0 Å². The van der Waals surface area contributed by atoms with Crippen molar-refractivity contribution in [3.63, 3.8) is 0 Å². The highest BCUT2D eigenvalue weighted by atomic mass is 32.2. The first kappa shape index (κ1) is 18.4. The number of para-hydroxylation sites is 1. The Hall–Kier alpha value is -3.39. The fraction of sp³-hybridized carbons (Fsp3) is 0.217. The Morgan fingerprint density at radius 3 is 2.90 bits per heavy atom. The van der Waals surface area contributed by atoms with E-state index in [2.05, 4.69) is 73.2 Å². The number of nitrogens with one attached hydrogen (secondary N) is 1. The Kier molecular flexibility index (Phi) is 4.38. The number of thioether (sulfide) groups is 1. The van der Waals surface area contributed by atoms with Gasteiger partial charge in [0.15, 0.2) is 16.8 Å². The number of hydrogen-bond acceptors (Lipinski definition) is 6. The van der Waals surface area contributed by atoms with Gasteiger partial charge >= 0.3 is 0 Å². The zero-order valence-electron chi connectivity index (χ0n) is 16.9. The van der Waals surface area contributed by atoms with E-state index in [1.165, 1.54) is 5.56 Å². The van der Waals surface area contributed by atoms with E-state index >= 15 is 0 Å². The molecule has 0 atom stereocenters. The SMILES string of the molecule is Cc1cccc(-n2c(SCc3noc(C4CC4)n3)nnc2-c2c[nH]c3ccccc23)c1. The van der Waals surface area contributed by atoms with Crippen molar-refractivity contribution in [3.05, 3.63) is 72.0 Å². The molecule has 1 aliphatic rings. The Balaban J connectivity index is 1.40. The third kappa shape index (κ3) is 3.42. The van der Waals surface area contributed by atoms with E-state index in [9.17, 15) is 0 Å². The van der Waals surface area contributed by atoms with Crippen molar-refractivity contribution in [2.24, 2.45) is 0 Å². The summed E-state index contributed by atoms with van der Waals surface area (Å²) in [5, 5.41) is 15.2. The van der Waals surface area contributed by atoms with E-state index in [1.54, 1.807) is 11.8 Å². The summed E-state index contributed by atoms with van der Waals surface area (Å²) in [6.45, 7) is 2.09. The van der Waals surface area contributed by atoms with Crippen LogP contribution in [-0.2, 0) is 5.75 Å². The van der Waals surface area contributed by atoms with Crippen LogP contribution >= 0.6 is 11.8 Å². The number of rotatable bonds is 6. The molecule has 1 fully saturated rings. The van der Waals surface area contributed by atoms with Crippen LogP contribution in [0.1, 0.15) is 36.0 Å². The number of nitrogens with zero attached hydrogens (tertiary/aromatic N) is 5. The van der Waals surface area contributed by atoms with Crippen molar-refractivity contribution in [1.82, 2.24) is 29.9 Å². The Bertz CT molecular complexity index is 1380. The standard InChI is InChI=1S/C23H20N6OS/c1-14-5-4-6-16(11-14)29-21(18-12-24-19-8-3-2-7-17(18)19)26-27-23(29)31-13-20-25-22(30-28-20)15-9-10-15/h2-8,11-12,15,24H,9-10,13H2,1H3. The molecule has 0 radical (unpaired) electrons. The van der Waals surface area contributed by atoms with Crippen LogP contribution < -0.4 is 0 Å². The fourth-order valence-electron chi connectivity index (χ4n) is 3.75. The molecule has 7 nitrogen and oxygen atoms in total. The molecule has 31 heavy (non-hydrogen) atoms. The highest BCUT2D eigenvalue weighted by Gasteiger charge is 2.29. The normalized spacial score (nSPS) is 13.8. The first-order chi connectivity index (χ1) is 15.3. The number of fused-ring (bicyclic) bond motifs is 1. The summed E-state index contributed by atoms with van der Waals surface area (Å²) < 4.78 is 7.50. The zero-order chi connectivity index (χ0) is 20.8. The molecule has 5 aromatic rings. The third-order valence-corrected chi connectivity index (χ3v) is 6.39. The van der Waals surface area contributed by atoms with Crippen LogP contribution in [0, 0.1) is 6.92 Å². The number of aromatic amines is 1. The summed E-state index contributed by atoms with van der Waals surface area (Å²) in [7, 11) is 0. The Morgan fingerprint density at radius 1 is 1.13 bits per heavy atom. The first-order valence-electron chi connectivity index (χ1n) is 10.3. The fourth-order valence-corrected chi connectivity index (χ4v) is 4.54. The van der Waals surface area contributed by atoms with Crippen LogP contribution in [0.5, 0.6) is 0 Å². The topological polar surface area (TPSA) is 85.4 Å². The molecule has 0 spiro atoms. The maximum absolute atomic E-state index is 5.40. The number of benzene rings is 2. The zero-order valence-corrected chi connectivity index (χ0v) is 17.8. The van der Waals surface area contributed by atoms with E-state index in [0.717, 1.165) is 51.9 Å². The lowest BCUT2D eigenvalue weighted by Crippen LogP contribution is -2.00. The van der Waals surface area contributed by atoms with Gasteiger partial charge in [0.05, 0.1) is 5.75 Å². The summed E-state index contributed by atoms with van der Waals surface area (Å²) in [6, 6.07) is 16.6. The quantitative estimate of drug-likeness (QED) is 0.371. The van der Waals surface area contributed by atoms with Gasteiger partial charge < -0.3 is 9.51 Å². The van der Waals surface area contributed by atoms with E-state index in [0.29, 0.717) is 17.5 Å². The van der Waals surface area contributed by atoms with Crippen LogP contribution in [0.2, 0.25) is 0 Å². The van der Waals surface area contributed by atoms with Crippen molar-refractivity contribution >= 4 is 22.7 Å². The van der Waals surface area contributed by atoms with Crippen molar-refractivity contribution in [3.8, 4) is 17.1 Å². The molecule has 8 heteroatoms. The summed E-state index contributed by atoms with van der Waals surface area (Å²) in [6.07, 6.45) is 4.28. The van der Waals surface area contributed by atoms with Gasteiger partial charge in [-0.1, -0.05) is 47.3 Å². The van der Waals surface area contributed by atoms with Crippen molar-refractivity contribution in [1.29, 1.82) is 0 Å².